The van der Waals surface area contributed by atoms with Crippen molar-refractivity contribution in [3.8, 4) is 0 Å². The molecule has 1 saturated heterocycles. The van der Waals surface area contributed by atoms with Crippen LogP contribution in [-0.2, 0) is 4.74 Å². The number of rotatable bonds is 1. The van der Waals surface area contributed by atoms with Gasteiger partial charge in [-0.05, 0) is 37.3 Å². The smallest absolute Gasteiger partial charge is 0.410 e. The van der Waals surface area contributed by atoms with Crippen LogP contribution < -0.4 is 0 Å². The molecule has 1 aliphatic heterocycles. The third-order valence-corrected chi connectivity index (χ3v) is 3.85. The lowest BCUT2D eigenvalue weighted by atomic mass is 9.98. The lowest BCUT2D eigenvalue weighted by Crippen LogP contribution is -2.50. The molecule has 1 heterocycles. The first kappa shape index (κ1) is 13.5. The summed E-state index contributed by atoms with van der Waals surface area (Å²) in [6.45, 7) is 1.98. The van der Waals surface area contributed by atoms with Crippen LogP contribution in [0.3, 0.4) is 0 Å². The average molecular weight is 275 g/mol. The summed E-state index contributed by atoms with van der Waals surface area (Å²) in [6, 6.07) is 0. The van der Waals surface area contributed by atoms with Crippen LogP contribution >= 0.6 is 11.6 Å². The van der Waals surface area contributed by atoms with E-state index < -0.39 is 5.37 Å². The van der Waals surface area contributed by atoms with Gasteiger partial charge in [0, 0.05) is 26.2 Å². The van der Waals surface area contributed by atoms with Gasteiger partial charge >= 0.3 is 11.5 Å². The highest BCUT2D eigenvalue weighted by Gasteiger charge is 2.26. The maximum absolute atomic E-state index is 11.9. The SMILES string of the molecule is O=C(Cl)N1CCN(C(=O)OC2CCCCC2)CC1. The van der Waals surface area contributed by atoms with Gasteiger partial charge in [0.2, 0.25) is 0 Å². The van der Waals surface area contributed by atoms with E-state index in [1.54, 1.807) is 4.90 Å². The van der Waals surface area contributed by atoms with E-state index in [1.165, 1.54) is 11.3 Å². The van der Waals surface area contributed by atoms with E-state index in [0.29, 0.717) is 26.2 Å². The first-order valence-corrected chi connectivity index (χ1v) is 6.94. The summed E-state index contributed by atoms with van der Waals surface area (Å²) in [5.74, 6) is 0. The summed E-state index contributed by atoms with van der Waals surface area (Å²) < 4.78 is 5.48. The Hall–Kier alpha value is -0.970. The summed E-state index contributed by atoms with van der Waals surface area (Å²) in [4.78, 5) is 26.1. The zero-order chi connectivity index (χ0) is 13.0. The zero-order valence-corrected chi connectivity index (χ0v) is 11.2. The molecule has 0 unspecified atom stereocenters. The molecule has 6 heteroatoms. The highest BCUT2D eigenvalue weighted by atomic mass is 35.5. The fourth-order valence-corrected chi connectivity index (χ4v) is 2.63. The molecular weight excluding hydrogens is 256 g/mol. The Balaban J connectivity index is 1.75. The van der Waals surface area contributed by atoms with Gasteiger partial charge in [-0.15, -0.1) is 0 Å². The van der Waals surface area contributed by atoms with Crippen LogP contribution in [0.1, 0.15) is 32.1 Å². The first-order valence-electron chi connectivity index (χ1n) is 6.57. The molecule has 0 radical (unpaired) electrons. The Morgan fingerprint density at radius 1 is 0.944 bits per heavy atom. The minimum atomic E-state index is -0.449. The molecule has 0 aromatic heterocycles. The van der Waals surface area contributed by atoms with Gasteiger partial charge in [-0.1, -0.05) is 6.42 Å². The van der Waals surface area contributed by atoms with E-state index in [1.807, 2.05) is 0 Å². The number of piperazine rings is 1. The fourth-order valence-electron chi connectivity index (χ4n) is 2.46. The van der Waals surface area contributed by atoms with Crippen molar-refractivity contribution in [2.75, 3.05) is 26.2 Å². The van der Waals surface area contributed by atoms with Gasteiger partial charge in [-0.25, -0.2) is 4.79 Å². The minimum Gasteiger partial charge on any atom is -0.446 e. The maximum Gasteiger partial charge on any atom is 0.410 e. The molecule has 0 atom stereocenters. The Bertz CT molecular complexity index is 310. The Morgan fingerprint density at radius 3 is 2.06 bits per heavy atom. The van der Waals surface area contributed by atoms with Crippen LogP contribution in [0.2, 0.25) is 0 Å². The van der Waals surface area contributed by atoms with Gasteiger partial charge in [0.15, 0.2) is 0 Å². The summed E-state index contributed by atoms with van der Waals surface area (Å²) in [5.41, 5.74) is 0. The van der Waals surface area contributed by atoms with E-state index in [2.05, 4.69) is 0 Å². The van der Waals surface area contributed by atoms with Crippen LogP contribution in [0.25, 0.3) is 0 Å². The number of amides is 2. The van der Waals surface area contributed by atoms with Crippen LogP contribution in [-0.4, -0.2) is 53.5 Å². The second-order valence-corrected chi connectivity index (χ2v) is 5.19. The van der Waals surface area contributed by atoms with Crippen LogP contribution in [0, 0.1) is 0 Å². The molecular formula is C12H19ClN2O3. The third kappa shape index (κ3) is 3.51. The van der Waals surface area contributed by atoms with Crippen molar-refractivity contribution in [1.29, 1.82) is 0 Å². The number of hydrogen-bond donors (Lipinski definition) is 0. The van der Waals surface area contributed by atoms with E-state index in [4.69, 9.17) is 16.3 Å². The molecule has 2 amide bonds. The van der Waals surface area contributed by atoms with Gasteiger partial charge in [0.25, 0.3) is 0 Å². The lowest BCUT2D eigenvalue weighted by Gasteiger charge is -2.34. The van der Waals surface area contributed by atoms with Gasteiger partial charge in [-0.3, -0.25) is 4.79 Å². The molecule has 0 aromatic carbocycles. The zero-order valence-electron chi connectivity index (χ0n) is 10.4. The fraction of sp³-hybridized carbons (Fsp3) is 0.833. The number of nitrogens with zero attached hydrogens (tertiary/aromatic N) is 2. The van der Waals surface area contributed by atoms with E-state index in [-0.39, 0.29) is 12.2 Å². The van der Waals surface area contributed by atoms with Crippen molar-refractivity contribution in [3.05, 3.63) is 0 Å². The van der Waals surface area contributed by atoms with Crippen molar-refractivity contribution < 1.29 is 14.3 Å². The normalized spacial score (nSPS) is 21.8. The second-order valence-electron chi connectivity index (χ2n) is 4.87. The van der Waals surface area contributed by atoms with Crippen molar-refractivity contribution in [1.82, 2.24) is 9.80 Å². The topological polar surface area (TPSA) is 49.9 Å². The van der Waals surface area contributed by atoms with Gasteiger partial charge in [0.05, 0.1) is 0 Å². The van der Waals surface area contributed by atoms with Crippen molar-refractivity contribution in [2.45, 2.75) is 38.2 Å². The molecule has 0 bridgehead atoms. The third-order valence-electron chi connectivity index (χ3n) is 3.61. The van der Waals surface area contributed by atoms with Gasteiger partial charge in [0.1, 0.15) is 6.10 Å². The average Bonchev–Trinajstić information content (AvgIpc) is 2.40. The van der Waals surface area contributed by atoms with Crippen molar-refractivity contribution in [3.63, 3.8) is 0 Å². The van der Waals surface area contributed by atoms with Gasteiger partial charge in [-0.2, -0.15) is 0 Å². The molecule has 18 heavy (non-hydrogen) atoms. The lowest BCUT2D eigenvalue weighted by molar-refractivity contribution is 0.0369. The summed E-state index contributed by atoms with van der Waals surface area (Å²) in [7, 11) is 0. The molecule has 2 fully saturated rings. The highest BCUT2D eigenvalue weighted by molar-refractivity contribution is 6.62. The van der Waals surface area contributed by atoms with Crippen molar-refractivity contribution >= 4 is 23.1 Å². The number of carbonyl (C=O) groups excluding carboxylic acids is 2. The van der Waals surface area contributed by atoms with Crippen molar-refractivity contribution in [2.24, 2.45) is 0 Å². The summed E-state index contributed by atoms with van der Waals surface area (Å²) >= 11 is 5.39. The number of carbonyl (C=O) groups is 2. The maximum atomic E-state index is 11.9. The molecule has 1 aliphatic carbocycles. The molecule has 0 aromatic rings. The van der Waals surface area contributed by atoms with Crippen LogP contribution in [0.5, 0.6) is 0 Å². The summed E-state index contributed by atoms with van der Waals surface area (Å²) in [6.07, 6.45) is 5.32. The monoisotopic (exact) mass is 274 g/mol. The van der Waals surface area contributed by atoms with E-state index >= 15 is 0 Å². The molecule has 2 aliphatic rings. The summed E-state index contributed by atoms with van der Waals surface area (Å²) in [5, 5.41) is -0.449. The highest BCUT2D eigenvalue weighted by Crippen LogP contribution is 2.21. The van der Waals surface area contributed by atoms with Crippen LogP contribution in [0.4, 0.5) is 9.59 Å². The molecule has 1 saturated carbocycles. The predicted octanol–water partition coefficient (Wildman–Crippen LogP) is 2.43. The predicted molar refractivity (Wildman–Crippen MR) is 67.7 cm³/mol. The largest absolute Gasteiger partial charge is 0.446 e. The molecule has 2 rings (SSSR count). The molecule has 102 valence electrons. The molecule has 5 nitrogen and oxygen atoms in total. The first-order chi connectivity index (χ1) is 8.66. The Labute approximate surface area is 112 Å². The number of ether oxygens (including phenoxy) is 1. The number of halogens is 1. The Morgan fingerprint density at radius 2 is 1.50 bits per heavy atom. The minimum absolute atomic E-state index is 0.0824. The Kier molecular flexibility index (Phi) is 4.69. The quantitative estimate of drug-likeness (QED) is 0.545. The molecule has 0 N–H and O–H groups in total. The van der Waals surface area contributed by atoms with Gasteiger partial charge < -0.3 is 14.5 Å². The number of hydrogen-bond acceptors (Lipinski definition) is 3. The van der Waals surface area contributed by atoms with E-state index in [0.717, 1.165) is 25.7 Å². The molecule has 0 spiro atoms. The standard InChI is InChI=1S/C12H19ClN2O3/c13-11(16)14-6-8-15(9-7-14)12(17)18-10-4-2-1-3-5-10/h10H,1-9H2. The van der Waals surface area contributed by atoms with Crippen LogP contribution in [0.15, 0.2) is 0 Å². The second kappa shape index (κ2) is 6.27. The van der Waals surface area contributed by atoms with E-state index in [9.17, 15) is 9.59 Å².